The van der Waals surface area contributed by atoms with Crippen molar-refractivity contribution in [3.05, 3.63) is 65.0 Å². The summed E-state index contributed by atoms with van der Waals surface area (Å²) in [4.78, 5) is 20.1. The highest BCUT2D eigenvalue weighted by Crippen LogP contribution is 2.34. The van der Waals surface area contributed by atoms with Crippen LogP contribution in [-0.2, 0) is 11.3 Å². The van der Waals surface area contributed by atoms with Crippen LogP contribution in [0.15, 0.2) is 42.5 Å². The summed E-state index contributed by atoms with van der Waals surface area (Å²) in [6.07, 6.45) is 1.76. The van der Waals surface area contributed by atoms with Crippen LogP contribution in [0.2, 0.25) is 0 Å². The predicted octanol–water partition coefficient (Wildman–Crippen LogP) is 3.56. The van der Waals surface area contributed by atoms with Crippen LogP contribution < -0.4 is 0 Å². The van der Waals surface area contributed by atoms with Gasteiger partial charge in [-0.25, -0.2) is 0 Å². The third-order valence-corrected chi connectivity index (χ3v) is 5.62. The molecular formula is C22H26N2O2. The number of Topliss-reactive ketones (excluding diaryl/α,β-unsaturated/α-hetero) is 1. The third-order valence-electron chi connectivity index (χ3n) is 5.62. The fourth-order valence-corrected chi connectivity index (χ4v) is 4.47. The maximum absolute atomic E-state index is 13.1. The summed E-state index contributed by atoms with van der Waals surface area (Å²) < 4.78 is 5.81. The SMILES string of the molecule is Cc1cc(C(=O)C2CC3COCC(C2)N3Cc2ccccc2)cc(C)n1. The number of pyridine rings is 1. The first-order valence-electron chi connectivity index (χ1n) is 9.47. The van der Waals surface area contributed by atoms with Crippen LogP contribution >= 0.6 is 0 Å². The van der Waals surface area contributed by atoms with Gasteiger partial charge in [0.2, 0.25) is 0 Å². The van der Waals surface area contributed by atoms with Gasteiger partial charge in [-0.2, -0.15) is 0 Å². The van der Waals surface area contributed by atoms with E-state index in [1.54, 1.807) is 0 Å². The summed E-state index contributed by atoms with van der Waals surface area (Å²) in [6.45, 7) is 6.29. The molecule has 2 saturated heterocycles. The van der Waals surface area contributed by atoms with Crippen LogP contribution in [0.3, 0.4) is 0 Å². The number of ether oxygens (including phenoxy) is 1. The molecule has 136 valence electrons. The number of morpholine rings is 1. The molecule has 0 spiro atoms. The van der Waals surface area contributed by atoms with Crippen LogP contribution in [0.4, 0.5) is 0 Å². The van der Waals surface area contributed by atoms with Gasteiger partial charge in [0.15, 0.2) is 5.78 Å². The number of hydrogen-bond donors (Lipinski definition) is 0. The first-order valence-corrected chi connectivity index (χ1v) is 9.47. The molecule has 26 heavy (non-hydrogen) atoms. The molecule has 4 rings (SSSR count). The second-order valence-corrected chi connectivity index (χ2v) is 7.67. The van der Waals surface area contributed by atoms with E-state index < -0.39 is 0 Å². The van der Waals surface area contributed by atoms with Crippen molar-refractivity contribution in [2.24, 2.45) is 5.92 Å². The Bertz CT molecular complexity index is 756. The molecule has 4 heteroatoms. The molecule has 2 aliphatic rings. The first kappa shape index (κ1) is 17.4. The quantitative estimate of drug-likeness (QED) is 0.791. The second kappa shape index (κ2) is 7.29. The lowest BCUT2D eigenvalue weighted by atomic mass is 9.80. The van der Waals surface area contributed by atoms with E-state index >= 15 is 0 Å². The summed E-state index contributed by atoms with van der Waals surface area (Å²) >= 11 is 0. The van der Waals surface area contributed by atoms with Gasteiger partial charge in [0.25, 0.3) is 0 Å². The average Bonchev–Trinajstić information content (AvgIpc) is 2.61. The molecule has 2 unspecified atom stereocenters. The van der Waals surface area contributed by atoms with Gasteiger partial charge < -0.3 is 4.74 Å². The van der Waals surface area contributed by atoms with E-state index in [0.29, 0.717) is 12.1 Å². The standard InChI is InChI=1S/C22H26N2O2/c1-15-8-18(9-16(2)23-15)22(25)19-10-20-13-26-14-21(11-19)24(20)12-17-6-4-3-5-7-17/h3-9,19-21H,10-14H2,1-2H3. The zero-order valence-electron chi connectivity index (χ0n) is 15.5. The van der Waals surface area contributed by atoms with Gasteiger partial charge in [0.05, 0.1) is 13.2 Å². The average molecular weight is 350 g/mol. The second-order valence-electron chi connectivity index (χ2n) is 7.67. The van der Waals surface area contributed by atoms with Crippen LogP contribution in [0.25, 0.3) is 0 Å². The van der Waals surface area contributed by atoms with Gasteiger partial charge >= 0.3 is 0 Å². The molecule has 0 aliphatic carbocycles. The fourth-order valence-electron chi connectivity index (χ4n) is 4.47. The number of hydrogen-bond acceptors (Lipinski definition) is 4. The molecule has 1 aromatic heterocycles. The molecule has 0 N–H and O–H groups in total. The first-order chi connectivity index (χ1) is 12.6. The minimum atomic E-state index is 0.0853. The summed E-state index contributed by atoms with van der Waals surface area (Å²) in [5.74, 6) is 0.358. The van der Waals surface area contributed by atoms with Crippen molar-refractivity contribution in [3.8, 4) is 0 Å². The number of nitrogens with zero attached hydrogens (tertiary/aromatic N) is 2. The van der Waals surface area contributed by atoms with Crippen molar-refractivity contribution < 1.29 is 9.53 Å². The van der Waals surface area contributed by atoms with E-state index in [-0.39, 0.29) is 11.7 Å². The third kappa shape index (κ3) is 3.57. The Morgan fingerprint density at radius 3 is 2.31 bits per heavy atom. The molecule has 0 saturated carbocycles. The lowest BCUT2D eigenvalue weighted by molar-refractivity contribution is -0.0872. The molecule has 3 heterocycles. The van der Waals surface area contributed by atoms with Crippen molar-refractivity contribution in [2.45, 2.75) is 45.3 Å². The topological polar surface area (TPSA) is 42.4 Å². The Labute approximate surface area is 155 Å². The van der Waals surface area contributed by atoms with Crippen molar-refractivity contribution in [1.29, 1.82) is 0 Å². The highest BCUT2D eigenvalue weighted by Gasteiger charge is 2.41. The molecule has 2 fully saturated rings. The molecule has 2 aromatic rings. The minimum absolute atomic E-state index is 0.0853. The van der Waals surface area contributed by atoms with Gasteiger partial charge in [-0.3, -0.25) is 14.7 Å². The monoisotopic (exact) mass is 350 g/mol. The van der Waals surface area contributed by atoms with E-state index in [4.69, 9.17) is 4.74 Å². The Morgan fingerprint density at radius 1 is 1.08 bits per heavy atom. The maximum Gasteiger partial charge on any atom is 0.166 e. The van der Waals surface area contributed by atoms with Crippen molar-refractivity contribution in [2.75, 3.05) is 13.2 Å². The number of benzene rings is 1. The molecule has 1 aromatic carbocycles. The van der Waals surface area contributed by atoms with E-state index in [0.717, 1.165) is 49.6 Å². The summed E-state index contributed by atoms with van der Waals surface area (Å²) in [6, 6.07) is 15.1. The zero-order valence-corrected chi connectivity index (χ0v) is 15.5. The normalized spacial score (nSPS) is 25.8. The van der Waals surface area contributed by atoms with Gasteiger partial charge in [-0.1, -0.05) is 30.3 Å². The highest BCUT2D eigenvalue weighted by atomic mass is 16.5. The summed E-state index contributed by atoms with van der Waals surface area (Å²) in [5, 5.41) is 0. The maximum atomic E-state index is 13.1. The number of aryl methyl sites for hydroxylation is 2. The molecule has 0 radical (unpaired) electrons. The summed E-state index contributed by atoms with van der Waals surface area (Å²) in [5.41, 5.74) is 3.97. The number of fused-ring (bicyclic) bond motifs is 2. The molecule has 4 nitrogen and oxygen atoms in total. The van der Waals surface area contributed by atoms with Crippen molar-refractivity contribution in [3.63, 3.8) is 0 Å². The number of piperidine rings is 1. The van der Waals surface area contributed by atoms with E-state index in [2.05, 4.69) is 40.2 Å². The molecule has 0 amide bonds. The molecule has 2 bridgehead atoms. The van der Waals surface area contributed by atoms with E-state index in [1.165, 1.54) is 5.56 Å². The minimum Gasteiger partial charge on any atom is -0.378 e. The predicted molar refractivity (Wildman–Crippen MR) is 101 cm³/mol. The fraction of sp³-hybridized carbons (Fsp3) is 0.455. The Balaban J connectivity index is 1.51. The Morgan fingerprint density at radius 2 is 1.69 bits per heavy atom. The van der Waals surface area contributed by atoms with Crippen molar-refractivity contribution in [1.82, 2.24) is 9.88 Å². The molecule has 2 aliphatic heterocycles. The molecule has 2 atom stereocenters. The van der Waals surface area contributed by atoms with Crippen LogP contribution in [0, 0.1) is 19.8 Å². The lowest BCUT2D eigenvalue weighted by Gasteiger charge is -2.48. The van der Waals surface area contributed by atoms with Gasteiger partial charge in [-0.15, -0.1) is 0 Å². The number of rotatable bonds is 4. The smallest absolute Gasteiger partial charge is 0.166 e. The zero-order chi connectivity index (χ0) is 18.1. The number of ketones is 1. The highest BCUT2D eigenvalue weighted by molar-refractivity contribution is 5.98. The Kier molecular flexibility index (Phi) is 4.88. The van der Waals surface area contributed by atoms with Crippen molar-refractivity contribution >= 4 is 5.78 Å². The van der Waals surface area contributed by atoms with E-state index in [1.807, 2.05) is 26.0 Å². The van der Waals surface area contributed by atoms with Gasteiger partial charge in [0, 0.05) is 41.5 Å². The van der Waals surface area contributed by atoms with E-state index in [9.17, 15) is 4.79 Å². The number of carbonyl (C=O) groups is 1. The lowest BCUT2D eigenvalue weighted by Crippen LogP contribution is -2.57. The number of carbonyl (C=O) groups excluding carboxylic acids is 1. The van der Waals surface area contributed by atoms with Crippen LogP contribution in [0.5, 0.6) is 0 Å². The molecular weight excluding hydrogens is 324 g/mol. The van der Waals surface area contributed by atoms with Gasteiger partial charge in [0.1, 0.15) is 0 Å². The van der Waals surface area contributed by atoms with Crippen LogP contribution in [-0.4, -0.2) is 41.0 Å². The van der Waals surface area contributed by atoms with Gasteiger partial charge in [-0.05, 0) is 44.4 Å². The Hall–Kier alpha value is -2.04. The summed E-state index contributed by atoms with van der Waals surface area (Å²) in [7, 11) is 0. The van der Waals surface area contributed by atoms with Crippen LogP contribution in [0.1, 0.15) is 40.2 Å². The number of aromatic nitrogens is 1. The largest absolute Gasteiger partial charge is 0.378 e.